The second kappa shape index (κ2) is 4.19. The van der Waals surface area contributed by atoms with Gasteiger partial charge in [0.2, 0.25) is 5.06 Å². The van der Waals surface area contributed by atoms with E-state index in [0.717, 1.165) is 0 Å². The van der Waals surface area contributed by atoms with Crippen molar-refractivity contribution in [2.75, 3.05) is 12.5 Å². The molecule has 2 aromatic heterocycles. The standard InChI is InChI=1S/C10H11N3O3S/c1-4-2-5(9(14)15)6-7(12)10(16-3-11)17-8(6)13-4/h2H,3,11-12H2,1H3,(H,14,15). The number of carbonyl (C=O) groups is 1. The summed E-state index contributed by atoms with van der Waals surface area (Å²) >= 11 is 1.19. The molecule has 0 aliphatic heterocycles. The number of carboxylic acids is 1. The number of nitrogens with two attached hydrogens (primary N) is 2. The van der Waals surface area contributed by atoms with Crippen molar-refractivity contribution < 1.29 is 14.6 Å². The largest absolute Gasteiger partial charge is 0.478 e. The summed E-state index contributed by atoms with van der Waals surface area (Å²) in [5.41, 5.74) is 12.1. The van der Waals surface area contributed by atoms with Crippen LogP contribution in [0.5, 0.6) is 5.06 Å². The normalized spacial score (nSPS) is 10.7. The summed E-state index contributed by atoms with van der Waals surface area (Å²) in [5.74, 6) is -1.04. The minimum atomic E-state index is -1.04. The van der Waals surface area contributed by atoms with Crippen LogP contribution in [0.1, 0.15) is 16.1 Å². The lowest BCUT2D eigenvalue weighted by Gasteiger charge is -2.01. The lowest BCUT2D eigenvalue weighted by atomic mass is 10.1. The Bertz CT molecular complexity index is 594. The Morgan fingerprint density at radius 2 is 2.35 bits per heavy atom. The summed E-state index contributed by atoms with van der Waals surface area (Å²) in [5, 5.41) is 9.95. The van der Waals surface area contributed by atoms with E-state index < -0.39 is 5.97 Å². The van der Waals surface area contributed by atoms with E-state index in [1.54, 1.807) is 6.92 Å². The number of ether oxygens (including phenoxy) is 1. The predicted octanol–water partition coefficient (Wildman–Crippen LogP) is 1.18. The molecule has 0 amide bonds. The smallest absolute Gasteiger partial charge is 0.336 e. The number of carboxylic acid groups (broad SMARTS) is 1. The van der Waals surface area contributed by atoms with E-state index in [4.69, 9.17) is 21.3 Å². The van der Waals surface area contributed by atoms with E-state index in [9.17, 15) is 4.79 Å². The molecule has 2 rings (SSSR count). The quantitative estimate of drug-likeness (QED) is 0.708. The van der Waals surface area contributed by atoms with Crippen molar-refractivity contribution in [2.24, 2.45) is 5.73 Å². The summed E-state index contributed by atoms with van der Waals surface area (Å²) in [6, 6.07) is 1.49. The van der Waals surface area contributed by atoms with Crippen LogP contribution in [0.2, 0.25) is 0 Å². The first-order valence-electron chi connectivity index (χ1n) is 4.80. The van der Waals surface area contributed by atoms with Gasteiger partial charge >= 0.3 is 5.97 Å². The summed E-state index contributed by atoms with van der Waals surface area (Å²) in [4.78, 5) is 15.9. The summed E-state index contributed by atoms with van der Waals surface area (Å²) < 4.78 is 5.13. The third kappa shape index (κ3) is 1.90. The summed E-state index contributed by atoms with van der Waals surface area (Å²) in [7, 11) is 0. The fourth-order valence-corrected chi connectivity index (χ4v) is 2.60. The summed E-state index contributed by atoms with van der Waals surface area (Å²) in [6.45, 7) is 1.71. The molecule has 0 aliphatic carbocycles. The van der Waals surface area contributed by atoms with Crippen molar-refractivity contribution in [1.82, 2.24) is 4.98 Å². The van der Waals surface area contributed by atoms with Gasteiger partial charge in [0.05, 0.1) is 16.6 Å². The number of nitrogen functional groups attached to an aromatic ring is 1. The fraction of sp³-hybridized carbons (Fsp3) is 0.200. The Morgan fingerprint density at radius 1 is 1.65 bits per heavy atom. The van der Waals surface area contributed by atoms with Gasteiger partial charge in [-0.2, -0.15) is 0 Å². The number of pyridine rings is 1. The van der Waals surface area contributed by atoms with Crippen LogP contribution in [0.25, 0.3) is 10.2 Å². The number of hydrogen-bond donors (Lipinski definition) is 3. The van der Waals surface area contributed by atoms with Crippen LogP contribution in [0.4, 0.5) is 5.69 Å². The number of rotatable bonds is 3. The number of hydrogen-bond acceptors (Lipinski definition) is 6. The number of anilines is 1. The van der Waals surface area contributed by atoms with E-state index in [1.807, 2.05) is 0 Å². The lowest BCUT2D eigenvalue weighted by Crippen LogP contribution is -2.07. The number of aromatic carboxylic acids is 1. The van der Waals surface area contributed by atoms with Crippen molar-refractivity contribution >= 4 is 33.2 Å². The highest BCUT2D eigenvalue weighted by Crippen LogP contribution is 2.40. The van der Waals surface area contributed by atoms with E-state index in [2.05, 4.69) is 4.98 Å². The number of aromatic nitrogens is 1. The lowest BCUT2D eigenvalue weighted by molar-refractivity contribution is 0.0699. The molecule has 0 saturated heterocycles. The van der Waals surface area contributed by atoms with Crippen molar-refractivity contribution in [3.63, 3.8) is 0 Å². The first kappa shape index (κ1) is 11.6. The van der Waals surface area contributed by atoms with Gasteiger partial charge in [0.1, 0.15) is 11.6 Å². The molecule has 17 heavy (non-hydrogen) atoms. The first-order chi connectivity index (χ1) is 8.04. The molecular weight excluding hydrogens is 242 g/mol. The van der Waals surface area contributed by atoms with E-state index in [1.165, 1.54) is 17.4 Å². The average molecular weight is 253 g/mol. The molecular formula is C10H11N3O3S. The molecule has 90 valence electrons. The minimum absolute atomic E-state index is 0.0155. The van der Waals surface area contributed by atoms with Crippen LogP contribution in [0, 0.1) is 6.92 Å². The van der Waals surface area contributed by atoms with Gasteiger partial charge in [-0.05, 0) is 13.0 Å². The van der Waals surface area contributed by atoms with Crippen LogP contribution < -0.4 is 16.2 Å². The second-order valence-corrected chi connectivity index (χ2v) is 4.37. The first-order valence-corrected chi connectivity index (χ1v) is 5.62. The zero-order chi connectivity index (χ0) is 12.6. The minimum Gasteiger partial charge on any atom is -0.478 e. The maximum absolute atomic E-state index is 11.1. The van der Waals surface area contributed by atoms with Crippen LogP contribution >= 0.6 is 11.3 Å². The van der Waals surface area contributed by atoms with Crippen LogP contribution in [-0.2, 0) is 0 Å². The zero-order valence-electron chi connectivity index (χ0n) is 9.06. The summed E-state index contributed by atoms with van der Waals surface area (Å²) in [6.07, 6.45) is 0. The molecule has 0 atom stereocenters. The number of fused-ring (bicyclic) bond motifs is 1. The van der Waals surface area contributed by atoms with Crippen molar-refractivity contribution in [3.05, 3.63) is 17.3 Å². The maximum atomic E-state index is 11.1. The van der Waals surface area contributed by atoms with E-state index in [0.29, 0.717) is 21.0 Å². The van der Waals surface area contributed by atoms with E-state index >= 15 is 0 Å². The Hall–Kier alpha value is -1.86. The Kier molecular flexibility index (Phi) is 2.86. The molecule has 5 N–H and O–H groups in total. The molecule has 0 radical (unpaired) electrons. The van der Waals surface area contributed by atoms with Crippen LogP contribution in [-0.4, -0.2) is 22.8 Å². The number of nitrogens with zero attached hydrogens (tertiary/aromatic N) is 1. The van der Waals surface area contributed by atoms with Crippen molar-refractivity contribution in [1.29, 1.82) is 0 Å². The topological polar surface area (TPSA) is 111 Å². The molecule has 0 aliphatic rings. The van der Waals surface area contributed by atoms with Crippen molar-refractivity contribution in [2.45, 2.75) is 6.92 Å². The van der Waals surface area contributed by atoms with Crippen LogP contribution in [0.3, 0.4) is 0 Å². The Balaban J connectivity index is 2.77. The molecule has 0 bridgehead atoms. The van der Waals surface area contributed by atoms with Crippen LogP contribution in [0.15, 0.2) is 6.07 Å². The molecule has 0 unspecified atom stereocenters. The highest BCUT2D eigenvalue weighted by molar-refractivity contribution is 7.21. The number of aryl methyl sites for hydroxylation is 1. The van der Waals surface area contributed by atoms with Gasteiger partial charge < -0.3 is 15.6 Å². The molecule has 7 heteroatoms. The van der Waals surface area contributed by atoms with Gasteiger partial charge in [-0.3, -0.25) is 5.73 Å². The van der Waals surface area contributed by atoms with Gasteiger partial charge in [-0.1, -0.05) is 11.3 Å². The molecule has 6 nitrogen and oxygen atoms in total. The average Bonchev–Trinajstić information content (AvgIpc) is 2.55. The highest BCUT2D eigenvalue weighted by atomic mass is 32.1. The fourth-order valence-electron chi connectivity index (χ4n) is 1.58. The molecule has 0 spiro atoms. The Labute approximate surface area is 101 Å². The second-order valence-electron chi connectivity index (χ2n) is 3.41. The third-order valence-corrected chi connectivity index (χ3v) is 3.25. The maximum Gasteiger partial charge on any atom is 0.336 e. The molecule has 0 aromatic carbocycles. The van der Waals surface area contributed by atoms with Gasteiger partial charge in [-0.15, -0.1) is 0 Å². The third-order valence-electron chi connectivity index (χ3n) is 2.24. The van der Waals surface area contributed by atoms with Gasteiger partial charge in [0.15, 0.2) is 0 Å². The molecule has 0 fully saturated rings. The zero-order valence-corrected chi connectivity index (χ0v) is 9.87. The number of thiophene rings is 1. The monoisotopic (exact) mass is 253 g/mol. The van der Waals surface area contributed by atoms with Gasteiger partial charge in [0.25, 0.3) is 0 Å². The molecule has 2 heterocycles. The van der Waals surface area contributed by atoms with Gasteiger partial charge in [0, 0.05) is 5.69 Å². The molecule has 0 saturated carbocycles. The van der Waals surface area contributed by atoms with Crippen molar-refractivity contribution in [3.8, 4) is 5.06 Å². The predicted molar refractivity (Wildman–Crippen MR) is 65.4 cm³/mol. The van der Waals surface area contributed by atoms with Gasteiger partial charge in [-0.25, -0.2) is 9.78 Å². The van der Waals surface area contributed by atoms with E-state index in [-0.39, 0.29) is 18.0 Å². The SMILES string of the molecule is Cc1cc(C(=O)O)c2c(N)c(OCN)sc2n1. The Morgan fingerprint density at radius 3 is 2.94 bits per heavy atom. The highest BCUT2D eigenvalue weighted by Gasteiger charge is 2.19. The molecule has 2 aromatic rings.